The Balaban J connectivity index is 0. The third-order valence-corrected chi connectivity index (χ3v) is 5.76. The lowest BCUT2D eigenvalue weighted by Gasteiger charge is -2.18. The first-order chi connectivity index (χ1) is 9.78. The Labute approximate surface area is 143 Å². The predicted octanol–water partition coefficient (Wildman–Crippen LogP) is 1.55. The maximum atomic E-state index is 12.3. The van der Waals surface area contributed by atoms with E-state index in [1.807, 2.05) is 13.8 Å². The molecule has 0 unspecified atom stereocenters. The molecule has 2 N–H and O–H groups in total. The summed E-state index contributed by atoms with van der Waals surface area (Å²) in [4.78, 5) is 22.8. The van der Waals surface area contributed by atoms with Gasteiger partial charge in [-0.3, -0.25) is 4.79 Å². The quantitative estimate of drug-likeness (QED) is 0.456. The van der Waals surface area contributed by atoms with Crippen LogP contribution in [0.25, 0.3) is 0 Å². The zero-order valence-electron chi connectivity index (χ0n) is 13.2. The van der Waals surface area contributed by atoms with Crippen LogP contribution in [-0.2, 0) is 24.2 Å². The number of thioether (sulfide) groups is 1. The number of rotatable bonds is 10. The Morgan fingerprint density at radius 1 is 1.18 bits per heavy atom. The number of carbonyl (C=O) groups is 2. The zero-order chi connectivity index (χ0) is 16.5. The predicted molar refractivity (Wildman–Crippen MR) is 92.1 cm³/mol. The van der Waals surface area contributed by atoms with Crippen molar-refractivity contribution in [3.05, 3.63) is 0 Å². The van der Waals surface area contributed by atoms with Crippen LogP contribution in [0.1, 0.15) is 39.5 Å². The molecular weight excluding hydrogens is 350 g/mol. The minimum Gasteiger partial charge on any atom is -0.391 e. The second-order valence-corrected chi connectivity index (χ2v) is 8.05. The van der Waals surface area contributed by atoms with E-state index in [0.29, 0.717) is 12.8 Å². The van der Waals surface area contributed by atoms with Gasteiger partial charge < -0.3 is 10.5 Å². The largest absolute Gasteiger partial charge is 0.391 e. The second-order valence-electron chi connectivity index (χ2n) is 4.86. The van der Waals surface area contributed by atoms with Crippen LogP contribution in [0, 0.1) is 0 Å². The highest BCUT2D eigenvalue weighted by molar-refractivity contribution is 7.99. The molecule has 0 spiro atoms. The van der Waals surface area contributed by atoms with Crippen molar-refractivity contribution in [3.8, 4) is 0 Å². The van der Waals surface area contributed by atoms with Crippen LogP contribution in [0.15, 0.2) is 0 Å². The van der Waals surface area contributed by atoms with Gasteiger partial charge in [0.2, 0.25) is 0 Å². The van der Waals surface area contributed by atoms with E-state index >= 15 is 0 Å². The number of hydrogen-bond donors (Lipinski definition) is 1. The summed E-state index contributed by atoms with van der Waals surface area (Å²) in [5.74, 6) is -2.15. The lowest BCUT2D eigenvalue weighted by molar-refractivity contribution is -0.158. The Morgan fingerprint density at radius 2 is 1.68 bits per heavy atom. The first kappa shape index (κ1) is 23.9. The van der Waals surface area contributed by atoms with Crippen molar-refractivity contribution in [3.63, 3.8) is 0 Å². The lowest BCUT2D eigenvalue weighted by atomic mass is 10.2. The molecule has 0 rings (SSSR count). The molecule has 9 heteroatoms. The van der Waals surface area contributed by atoms with Gasteiger partial charge in [0, 0.05) is 0 Å². The molecule has 0 aliphatic heterocycles. The SMILES string of the molecule is CCCC(CCC)S(=O)(=O)C[C@H](N)C(=O)OC(=O)CSC.Cl. The molecule has 0 saturated carbocycles. The van der Waals surface area contributed by atoms with E-state index in [4.69, 9.17) is 5.73 Å². The molecule has 0 aromatic heterocycles. The van der Waals surface area contributed by atoms with Crippen LogP contribution in [0.4, 0.5) is 0 Å². The summed E-state index contributed by atoms with van der Waals surface area (Å²) in [6, 6.07) is -1.32. The molecule has 6 nitrogen and oxygen atoms in total. The number of halogens is 1. The highest BCUT2D eigenvalue weighted by atomic mass is 35.5. The fraction of sp³-hybridized carbons (Fsp3) is 0.846. The number of esters is 2. The monoisotopic (exact) mass is 375 g/mol. The summed E-state index contributed by atoms with van der Waals surface area (Å²) in [7, 11) is -3.48. The fourth-order valence-electron chi connectivity index (χ4n) is 1.94. The van der Waals surface area contributed by atoms with Crippen LogP contribution < -0.4 is 5.73 Å². The number of ether oxygens (including phenoxy) is 1. The Bertz CT molecular complexity index is 436. The minimum absolute atomic E-state index is 0. The topological polar surface area (TPSA) is 104 Å². The van der Waals surface area contributed by atoms with Gasteiger partial charge in [0.15, 0.2) is 9.84 Å². The van der Waals surface area contributed by atoms with Crippen molar-refractivity contribution in [2.45, 2.75) is 50.8 Å². The van der Waals surface area contributed by atoms with E-state index in [2.05, 4.69) is 4.74 Å². The van der Waals surface area contributed by atoms with Crippen LogP contribution in [0.3, 0.4) is 0 Å². The third kappa shape index (κ3) is 8.97. The van der Waals surface area contributed by atoms with Gasteiger partial charge in [0.1, 0.15) is 6.04 Å². The molecule has 0 aromatic rings. The third-order valence-electron chi connectivity index (χ3n) is 2.92. The molecule has 132 valence electrons. The zero-order valence-corrected chi connectivity index (χ0v) is 15.7. The first-order valence-corrected chi connectivity index (χ1v) is 10.1. The highest BCUT2D eigenvalue weighted by Crippen LogP contribution is 2.16. The van der Waals surface area contributed by atoms with Crippen molar-refractivity contribution < 1.29 is 22.7 Å². The molecule has 0 fully saturated rings. The molecule has 0 aliphatic rings. The summed E-state index contributed by atoms with van der Waals surface area (Å²) in [5, 5.41) is -0.492. The van der Waals surface area contributed by atoms with E-state index in [1.165, 1.54) is 11.8 Å². The van der Waals surface area contributed by atoms with E-state index in [1.54, 1.807) is 6.26 Å². The Kier molecular flexibility index (Phi) is 13.2. The van der Waals surface area contributed by atoms with E-state index < -0.39 is 38.8 Å². The van der Waals surface area contributed by atoms with Gasteiger partial charge in [0.05, 0.1) is 16.8 Å². The number of hydrogen-bond acceptors (Lipinski definition) is 7. The number of nitrogens with two attached hydrogens (primary N) is 1. The normalized spacial score (nSPS) is 12.6. The van der Waals surface area contributed by atoms with E-state index in [-0.39, 0.29) is 18.2 Å². The van der Waals surface area contributed by atoms with Gasteiger partial charge in [0.25, 0.3) is 0 Å². The molecule has 0 heterocycles. The van der Waals surface area contributed by atoms with Crippen LogP contribution in [0.5, 0.6) is 0 Å². The lowest BCUT2D eigenvalue weighted by Crippen LogP contribution is -2.42. The molecule has 0 saturated heterocycles. The van der Waals surface area contributed by atoms with Gasteiger partial charge >= 0.3 is 11.9 Å². The van der Waals surface area contributed by atoms with Gasteiger partial charge in [-0.05, 0) is 19.1 Å². The summed E-state index contributed by atoms with van der Waals surface area (Å²) < 4.78 is 29.0. The average molecular weight is 376 g/mol. The summed E-state index contributed by atoms with van der Waals surface area (Å²) in [6.07, 6.45) is 4.27. The molecule has 0 aliphatic carbocycles. The smallest absolute Gasteiger partial charge is 0.331 e. The van der Waals surface area contributed by atoms with E-state index in [9.17, 15) is 18.0 Å². The standard InChI is InChI=1S/C13H25NO5S2.ClH/c1-4-6-10(7-5-2)21(17,18)9-11(14)13(16)19-12(15)8-20-3;/h10-11H,4-9,14H2,1-3H3;1H/t11-;/m0./s1. The molecule has 0 bridgehead atoms. The van der Waals surface area contributed by atoms with Crippen LogP contribution >= 0.6 is 24.2 Å². The Morgan fingerprint density at radius 3 is 2.09 bits per heavy atom. The summed E-state index contributed by atoms with van der Waals surface area (Å²) in [5.41, 5.74) is 5.57. The molecule has 0 aromatic carbocycles. The van der Waals surface area contributed by atoms with Crippen molar-refractivity contribution >= 4 is 45.9 Å². The number of carbonyl (C=O) groups excluding carboxylic acids is 2. The maximum absolute atomic E-state index is 12.3. The van der Waals surface area contributed by atoms with Gasteiger partial charge in [-0.15, -0.1) is 12.4 Å². The van der Waals surface area contributed by atoms with E-state index in [0.717, 1.165) is 12.8 Å². The molecule has 22 heavy (non-hydrogen) atoms. The van der Waals surface area contributed by atoms with Crippen molar-refractivity contribution in [2.75, 3.05) is 17.8 Å². The van der Waals surface area contributed by atoms with Crippen molar-refractivity contribution in [1.82, 2.24) is 0 Å². The molecule has 1 atom stereocenters. The maximum Gasteiger partial charge on any atom is 0.331 e. The Hall–Kier alpha value is -0.310. The van der Waals surface area contributed by atoms with Gasteiger partial charge in [-0.25, -0.2) is 13.2 Å². The van der Waals surface area contributed by atoms with Crippen LogP contribution in [-0.4, -0.2) is 49.4 Å². The summed E-state index contributed by atoms with van der Waals surface area (Å²) in [6.45, 7) is 3.82. The summed E-state index contributed by atoms with van der Waals surface area (Å²) >= 11 is 1.21. The fourth-order valence-corrected chi connectivity index (χ4v) is 4.33. The molecular formula is C13H26ClNO5S2. The number of sulfone groups is 1. The van der Waals surface area contributed by atoms with Gasteiger partial charge in [-0.1, -0.05) is 26.7 Å². The highest BCUT2D eigenvalue weighted by Gasteiger charge is 2.30. The average Bonchev–Trinajstić information content (AvgIpc) is 2.38. The first-order valence-electron chi connectivity index (χ1n) is 6.99. The van der Waals surface area contributed by atoms with Crippen LogP contribution in [0.2, 0.25) is 0 Å². The second kappa shape index (κ2) is 12.2. The van der Waals surface area contributed by atoms with Gasteiger partial charge in [-0.2, -0.15) is 11.8 Å². The molecule has 0 radical (unpaired) electrons. The van der Waals surface area contributed by atoms with Crippen molar-refractivity contribution in [1.29, 1.82) is 0 Å². The molecule has 0 amide bonds. The van der Waals surface area contributed by atoms with Crippen molar-refractivity contribution in [2.24, 2.45) is 5.73 Å². The minimum atomic E-state index is -3.48.